The molecule has 0 aliphatic heterocycles. The molecule has 3 N–H and O–H groups in total. The van der Waals surface area contributed by atoms with E-state index in [1.807, 2.05) is 6.92 Å². The van der Waals surface area contributed by atoms with E-state index in [-0.39, 0.29) is 5.91 Å². The minimum Gasteiger partial charge on any atom is -0.356 e. The van der Waals surface area contributed by atoms with Gasteiger partial charge >= 0.3 is 0 Å². The Morgan fingerprint density at radius 3 is 2.50 bits per heavy atom. The molecule has 0 radical (unpaired) electrons. The van der Waals surface area contributed by atoms with Gasteiger partial charge in [0.25, 0.3) is 0 Å². The summed E-state index contributed by atoms with van der Waals surface area (Å²) >= 11 is 0. The molecule has 0 spiro atoms. The first-order chi connectivity index (χ1) is 7.45. The second-order valence-corrected chi connectivity index (χ2v) is 5.20. The van der Waals surface area contributed by atoms with E-state index < -0.39 is 7.57 Å². The van der Waals surface area contributed by atoms with Crippen molar-refractivity contribution in [2.24, 2.45) is 0 Å². The van der Waals surface area contributed by atoms with E-state index in [1.165, 1.54) is 0 Å². The van der Waals surface area contributed by atoms with E-state index in [4.69, 9.17) is 14.3 Å². The SMILES string of the molecule is C=P(O)(O)OCCCCCCNC(=O)CC. The fourth-order valence-corrected chi connectivity index (χ4v) is 1.57. The topological polar surface area (TPSA) is 78.8 Å². The molecule has 0 fully saturated rings. The lowest BCUT2D eigenvalue weighted by Crippen LogP contribution is -2.23. The van der Waals surface area contributed by atoms with E-state index >= 15 is 0 Å². The number of amides is 1. The van der Waals surface area contributed by atoms with Gasteiger partial charge in [0, 0.05) is 13.0 Å². The molecule has 0 saturated carbocycles. The molecule has 0 unspecified atom stereocenters. The van der Waals surface area contributed by atoms with E-state index in [0.29, 0.717) is 19.6 Å². The van der Waals surface area contributed by atoms with Crippen LogP contribution in [0.15, 0.2) is 0 Å². The maximum Gasteiger partial charge on any atom is 0.245 e. The highest BCUT2D eigenvalue weighted by molar-refractivity contribution is 7.57. The molecular formula is C10H22NO4P. The summed E-state index contributed by atoms with van der Waals surface area (Å²) in [6.07, 6.45) is 7.28. The van der Waals surface area contributed by atoms with Gasteiger partial charge in [-0.3, -0.25) is 4.79 Å². The lowest BCUT2D eigenvalue weighted by molar-refractivity contribution is -0.120. The number of carbonyl (C=O) groups excluding carboxylic acids is 1. The molecule has 0 aliphatic rings. The number of carbonyl (C=O) groups is 1. The average molecular weight is 251 g/mol. The number of hydrogen-bond acceptors (Lipinski definition) is 4. The summed E-state index contributed by atoms with van der Waals surface area (Å²) < 4.78 is 4.73. The van der Waals surface area contributed by atoms with Crippen molar-refractivity contribution in [1.29, 1.82) is 0 Å². The van der Waals surface area contributed by atoms with Crippen molar-refractivity contribution in [2.45, 2.75) is 39.0 Å². The Hall–Kier alpha value is -0.350. The normalized spacial score (nSPS) is 11.4. The van der Waals surface area contributed by atoms with Gasteiger partial charge in [0.15, 0.2) is 0 Å². The summed E-state index contributed by atoms with van der Waals surface area (Å²) in [4.78, 5) is 28.5. The van der Waals surface area contributed by atoms with Crippen molar-refractivity contribution < 1.29 is 19.1 Å². The molecule has 16 heavy (non-hydrogen) atoms. The van der Waals surface area contributed by atoms with Crippen LogP contribution in [0.3, 0.4) is 0 Å². The molecule has 0 heterocycles. The number of rotatable bonds is 9. The molecule has 0 rings (SSSR count). The van der Waals surface area contributed by atoms with Gasteiger partial charge in [0.2, 0.25) is 13.5 Å². The Bertz CT molecular complexity index is 239. The van der Waals surface area contributed by atoms with Crippen molar-refractivity contribution in [3.05, 3.63) is 0 Å². The zero-order valence-corrected chi connectivity index (χ0v) is 10.7. The summed E-state index contributed by atoms with van der Waals surface area (Å²) in [5.74, 6) is 0.0792. The Labute approximate surface area is 97.0 Å². The number of hydrogen-bond donors (Lipinski definition) is 3. The van der Waals surface area contributed by atoms with E-state index in [1.54, 1.807) is 0 Å². The molecule has 0 saturated heterocycles. The lowest BCUT2D eigenvalue weighted by Gasteiger charge is -2.09. The average Bonchev–Trinajstić information content (AvgIpc) is 2.20. The van der Waals surface area contributed by atoms with Gasteiger partial charge in [0.1, 0.15) is 0 Å². The van der Waals surface area contributed by atoms with Crippen LogP contribution in [0.1, 0.15) is 39.0 Å². The second kappa shape index (κ2) is 8.76. The van der Waals surface area contributed by atoms with Crippen LogP contribution in [-0.4, -0.2) is 35.1 Å². The third-order valence-electron chi connectivity index (χ3n) is 2.01. The van der Waals surface area contributed by atoms with Crippen molar-refractivity contribution >= 4 is 19.8 Å². The molecular weight excluding hydrogens is 229 g/mol. The third-order valence-corrected chi connectivity index (χ3v) is 2.61. The molecule has 1 amide bonds. The first-order valence-electron chi connectivity index (χ1n) is 5.56. The van der Waals surface area contributed by atoms with Crippen LogP contribution in [0, 0.1) is 0 Å². The zero-order chi connectivity index (χ0) is 12.4. The molecule has 0 bridgehead atoms. The Morgan fingerprint density at radius 1 is 1.31 bits per heavy atom. The minimum absolute atomic E-state index is 0.0792. The Morgan fingerprint density at radius 2 is 1.94 bits per heavy atom. The van der Waals surface area contributed by atoms with Gasteiger partial charge in [-0.2, -0.15) is 0 Å². The van der Waals surface area contributed by atoms with E-state index in [0.717, 1.165) is 25.7 Å². The van der Waals surface area contributed by atoms with E-state index in [2.05, 4.69) is 11.6 Å². The molecule has 0 aromatic heterocycles. The highest BCUT2D eigenvalue weighted by Gasteiger charge is 2.02. The first-order valence-corrected chi connectivity index (χ1v) is 7.35. The Balaban J connectivity index is 3.16. The standard InChI is InChI=1S/C10H22NO4P/c1-3-10(12)11-8-6-4-5-7-9-15-16(2,13)14/h13-14H,2-9H2,1H3,(H,11,12). The highest BCUT2D eigenvalue weighted by atomic mass is 31.2. The number of unbranched alkanes of at least 4 members (excludes halogenated alkanes) is 3. The van der Waals surface area contributed by atoms with Crippen LogP contribution in [0.25, 0.3) is 0 Å². The fraction of sp³-hybridized carbons (Fsp3) is 0.800. The molecule has 96 valence electrons. The van der Waals surface area contributed by atoms with Crippen molar-refractivity contribution in [3.8, 4) is 0 Å². The second-order valence-electron chi connectivity index (χ2n) is 3.62. The van der Waals surface area contributed by atoms with Gasteiger partial charge in [0.05, 0.1) is 6.61 Å². The smallest absolute Gasteiger partial charge is 0.245 e. The summed E-state index contributed by atoms with van der Waals surface area (Å²) in [6.45, 7) is 2.86. The van der Waals surface area contributed by atoms with E-state index in [9.17, 15) is 4.79 Å². The van der Waals surface area contributed by atoms with Crippen LogP contribution in [0.4, 0.5) is 0 Å². The molecule has 0 atom stereocenters. The predicted molar refractivity (Wildman–Crippen MR) is 66.2 cm³/mol. The third kappa shape index (κ3) is 11.7. The van der Waals surface area contributed by atoms with Crippen molar-refractivity contribution in [1.82, 2.24) is 5.32 Å². The summed E-state index contributed by atoms with van der Waals surface area (Å²) in [5.41, 5.74) is 0. The largest absolute Gasteiger partial charge is 0.356 e. The van der Waals surface area contributed by atoms with Crippen LogP contribution >= 0.6 is 7.57 Å². The van der Waals surface area contributed by atoms with Gasteiger partial charge in [-0.25, -0.2) is 0 Å². The van der Waals surface area contributed by atoms with Crippen LogP contribution < -0.4 is 5.32 Å². The zero-order valence-electron chi connectivity index (χ0n) is 9.81. The fourth-order valence-electron chi connectivity index (χ4n) is 1.14. The predicted octanol–water partition coefficient (Wildman–Crippen LogP) is 1.27. The molecule has 6 heteroatoms. The quantitative estimate of drug-likeness (QED) is 0.426. The molecule has 0 aromatic carbocycles. The molecule has 0 aromatic rings. The Kier molecular flexibility index (Phi) is 8.57. The highest BCUT2D eigenvalue weighted by Crippen LogP contribution is 2.35. The van der Waals surface area contributed by atoms with Gasteiger partial charge < -0.3 is 19.6 Å². The van der Waals surface area contributed by atoms with Crippen LogP contribution in [0.2, 0.25) is 0 Å². The summed E-state index contributed by atoms with van der Waals surface area (Å²) in [7, 11) is -3.30. The van der Waals surface area contributed by atoms with Gasteiger partial charge in [-0.1, -0.05) is 19.8 Å². The first kappa shape index (κ1) is 15.7. The monoisotopic (exact) mass is 251 g/mol. The summed E-state index contributed by atoms with van der Waals surface area (Å²) in [5, 5.41) is 2.79. The summed E-state index contributed by atoms with van der Waals surface area (Å²) in [6, 6.07) is 0. The van der Waals surface area contributed by atoms with Gasteiger partial charge in [-0.05, 0) is 19.1 Å². The molecule has 5 nitrogen and oxygen atoms in total. The maximum atomic E-state index is 10.9. The minimum atomic E-state index is -3.30. The van der Waals surface area contributed by atoms with Crippen molar-refractivity contribution in [2.75, 3.05) is 13.2 Å². The van der Waals surface area contributed by atoms with Gasteiger partial charge in [-0.15, -0.1) is 0 Å². The lowest BCUT2D eigenvalue weighted by atomic mass is 10.2. The van der Waals surface area contributed by atoms with Crippen molar-refractivity contribution in [3.63, 3.8) is 0 Å². The van der Waals surface area contributed by atoms with Crippen LogP contribution in [0.5, 0.6) is 0 Å². The molecule has 0 aliphatic carbocycles. The van der Waals surface area contributed by atoms with Crippen LogP contribution in [-0.2, 0) is 9.32 Å². The maximum absolute atomic E-state index is 10.9. The number of nitrogens with one attached hydrogen (secondary N) is 1.